The predicted molar refractivity (Wildman–Crippen MR) is 67.4 cm³/mol. The summed E-state index contributed by atoms with van der Waals surface area (Å²) in [5.74, 6) is 0.515. The van der Waals surface area contributed by atoms with E-state index in [0.29, 0.717) is 5.82 Å². The van der Waals surface area contributed by atoms with Gasteiger partial charge in [-0.3, -0.25) is 4.98 Å². The van der Waals surface area contributed by atoms with Crippen LogP contribution in [0, 0.1) is 5.92 Å². The lowest BCUT2D eigenvalue weighted by molar-refractivity contribution is 0.217. The lowest BCUT2D eigenvalue weighted by atomic mass is 10.1. The van der Waals surface area contributed by atoms with E-state index in [2.05, 4.69) is 15.1 Å². The van der Waals surface area contributed by atoms with Crippen molar-refractivity contribution in [1.82, 2.24) is 14.8 Å². The molecule has 0 aromatic carbocycles. The van der Waals surface area contributed by atoms with Crippen LogP contribution in [0.1, 0.15) is 6.17 Å². The molecule has 0 amide bonds. The minimum atomic E-state index is -0.377. The van der Waals surface area contributed by atoms with Gasteiger partial charge in [0.2, 0.25) is 0 Å². The predicted octanol–water partition coefficient (Wildman–Crippen LogP) is 0.727. The van der Waals surface area contributed by atoms with Crippen molar-refractivity contribution < 1.29 is 5.11 Å². The first-order valence-electron chi connectivity index (χ1n) is 5.70. The Kier molecular flexibility index (Phi) is 2.66. The van der Waals surface area contributed by atoms with Gasteiger partial charge in [0.05, 0.1) is 18.2 Å². The molecule has 6 heteroatoms. The summed E-state index contributed by atoms with van der Waals surface area (Å²) in [4.78, 5) is 8.23. The van der Waals surface area contributed by atoms with Crippen LogP contribution in [0.5, 0.6) is 0 Å². The molecule has 0 radical (unpaired) electrons. The van der Waals surface area contributed by atoms with E-state index in [9.17, 15) is 5.11 Å². The molecule has 1 aliphatic rings. The molecule has 0 aliphatic carbocycles. The molecule has 2 aromatic heterocycles. The number of hydrogen-bond donors (Lipinski definition) is 2. The van der Waals surface area contributed by atoms with Crippen molar-refractivity contribution in [3.63, 3.8) is 0 Å². The maximum absolute atomic E-state index is 9.19. The molecule has 6 nitrogen and oxygen atoms in total. The van der Waals surface area contributed by atoms with Crippen LogP contribution in [-0.4, -0.2) is 32.7 Å². The molecule has 0 saturated carbocycles. The standard InChI is InChI=1S/C12H13N5O/c13-12-9(7-18)6-15-11-5-10(16-17(11)12)8-1-3-14-4-2-8/h1-6,9,12,18H,7,13H2. The van der Waals surface area contributed by atoms with E-state index in [1.54, 1.807) is 23.3 Å². The largest absolute Gasteiger partial charge is 0.396 e. The molecule has 0 saturated heterocycles. The average molecular weight is 243 g/mol. The van der Waals surface area contributed by atoms with Gasteiger partial charge in [-0.1, -0.05) is 0 Å². The van der Waals surface area contributed by atoms with Crippen molar-refractivity contribution in [2.24, 2.45) is 16.6 Å². The van der Waals surface area contributed by atoms with Gasteiger partial charge in [0.1, 0.15) is 6.17 Å². The molecule has 0 fully saturated rings. The number of aliphatic hydroxyl groups excluding tert-OH is 1. The Balaban J connectivity index is 2.02. The Morgan fingerprint density at radius 1 is 1.33 bits per heavy atom. The third kappa shape index (κ3) is 1.71. The van der Waals surface area contributed by atoms with Gasteiger partial charge in [0, 0.05) is 30.2 Å². The normalized spacial score (nSPS) is 21.9. The van der Waals surface area contributed by atoms with Crippen molar-refractivity contribution in [1.29, 1.82) is 0 Å². The van der Waals surface area contributed by atoms with E-state index in [1.165, 1.54) is 0 Å². The molecule has 92 valence electrons. The number of aliphatic hydroxyl groups is 1. The number of rotatable bonds is 2. The summed E-state index contributed by atoms with van der Waals surface area (Å²) < 4.78 is 1.65. The summed E-state index contributed by atoms with van der Waals surface area (Å²) in [7, 11) is 0. The van der Waals surface area contributed by atoms with Gasteiger partial charge in [-0.2, -0.15) is 5.10 Å². The number of aromatic nitrogens is 3. The number of pyridine rings is 1. The Morgan fingerprint density at radius 2 is 2.11 bits per heavy atom. The van der Waals surface area contributed by atoms with Gasteiger partial charge >= 0.3 is 0 Å². The van der Waals surface area contributed by atoms with Gasteiger partial charge in [0.25, 0.3) is 0 Å². The van der Waals surface area contributed by atoms with Crippen LogP contribution >= 0.6 is 0 Å². The van der Waals surface area contributed by atoms with Crippen molar-refractivity contribution in [3.8, 4) is 11.3 Å². The lowest BCUT2D eigenvalue weighted by Gasteiger charge is -2.23. The first kappa shape index (κ1) is 11.1. The first-order valence-corrected chi connectivity index (χ1v) is 5.70. The first-order chi connectivity index (χ1) is 8.79. The summed E-state index contributed by atoms with van der Waals surface area (Å²) in [5.41, 5.74) is 7.80. The Morgan fingerprint density at radius 3 is 2.83 bits per heavy atom. The van der Waals surface area contributed by atoms with Gasteiger partial charge < -0.3 is 10.8 Å². The zero-order chi connectivity index (χ0) is 12.5. The molecule has 18 heavy (non-hydrogen) atoms. The monoisotopic (exact) mass is 243 g/mol. The number of fused-ring (bicyclic) bond motifs is 1. The maximum Gasteiger partial charge on any atom is 0.152 e. The molecule has 2 aromatic rings. The maximum atomic E-state index is 9.19. The Bertz CT molecular complexity index is 577. The second kappa shape index (κ2) is 4.32. The Labute approximate surface area is 104 Å². The summed E-state index contributed by atoms with van der Waals surface area (Å²) >= 11 is 0. The second-order valence-electron chi connectivity index (χ2n) is 4.18. The zero-order valence-electron chi connectivity index (χ0n) is 9.64. The van der Waals surface area contributed by atoms with Crippen LogP contribution in [0.15, 0.2) is 35.6 Å². The van der Waals surface area contributed by atoms with E-state index >= 15 is 0 Å². The number of nitrogens with two attached hydrogens (primary N) is 1. The van der Waals surface area contributed by atoms with Crippen LogP contribution in [0.3, 0.4) is 0 Å². The second-order valence-corrected chi connectivity index (χ2v) is 4.18. The number of hydrogen-bond acceptors (Lipinski definition) is 5. The SMILES string of the molecule is NC1C(CO)C=Nc2cc(-c3ccncc3)nn21. The summed E-state index contributed by atoms with van der Waals surface area (Å²) in [6.45, 7) is -0.0332. The van der Waals surface area contributed by atoms with E-state index in [1.807, 2.05) is 18.2 Å². The van der Waals surface area contributed by atoms with Crippen LogP contribution < -0.4 is 5.73 Å². The number of aliphatic imine (C=N–C) groups is 1. The molecule has 2 unspecified atom stereocenters. The highest BCUT2D eigenvalue weighted by molar-refractivity contribution is 5.70. The fourth-order valence-electron chi connectivity index (χ4n) is 1.96. The third-order valence-electron chi connectivity index (χ3n) is 3.02. The lowest BCUT2D eigenvalue weighted by Crippen LogP contribution is -2.33. The highest BCUT2D eigenvalue weighted by Gasteiger charge is 2.24. The van der Waals surface area contributed by atoms with E-state index in [4.69, 9.17) is 5.73 Å². The molecular formula is C12H13N5O. The molecule has 3 N–H and O–H groups in total. The number of nitrogens with zero attached hydrogens (tertiary/aromatic N) is 4. The van der Waals surface area contributed by atoms with Crippen molar-refractivity contribution in [2.45, 2.75) is 6.17 Å². The summed E-state index contributed by atoms with van der Waals surface area (Å²) in [6.07, 6.45) is 4.73. The minimum Gasteiger partial charge on any atom is -0.396 e. The van der Waals surface area contributed by atoms with Crippen molar-refractivity contribution >= 4 is 12.0 Å². The van der Waals surface area contributed by atoms with Crippen LogP contribution in [-0.2, 0) is 0 Å². The molecule has 0 spiro atoms. The van der Waals surface area contributed by atoms with E-state index in [0.717, 1.165) is 11.3 Å². The van der Waals surface area contributed by atoms with Crippen LogP contribution in [0.2, 0.25) is 0 Å². The van der Waals surface area contributed by atoms with Gasteiger partial charge in [-0.05, 0) is 12.1 Å². The third-order valence-corrected chi connectivity index (χ3v) is 3.02. The van der Waals surface area contributed by atoms with Gasteiger partial charge in [-0.25, -0.2) is 9.67 Å². The topological polar surface area (TPSA) is 89.3 Å². The highest BCUT2D eigenvalue weighted by Crippen LogP contribution is 2.29. The molecule has 0 bridgehead atoms. The van der Waals surface area contributed by atoms with Crippen LogP contribution in [0.25, 0.3) is 11.3 Å². The molecule has 1 aliphatic heterocycles. The van der Waals surface area contributed by atoms with Gasteiger partial charge in [0.15, 0.2) is 5.82 Å². The summed E-state index contributed by atoms with van der Waals surface area (Å²) in [6, 6.07) is 5.64. The van der Waals surface area contributed by atoms with Gasteiger partial charge in [-0.15, -0.1) is 0 Å². The van der Waals surface area contributed by atoms with E-state index in [-0.39, 0.29) is 18.7 Å². The molecule has 3 rings (SSSR count). The smallest absolute Gasteiger partial charge is 0.152 e. The molecule has 3 heterocycles. The summed E-state index contributed by atoms with van der Waals surface area (Å²) in [5, 5.41) is 13.6. The average Bonchev–Trinajstić information content (AvgIpc) is 2.85. The Hall–Kier alpha value is -2.05. The van der Waals surface area contributed by atoms with Crippen molar-refractivity contribution in [2.75, 3.05) is 6.61 Å². The van der Waals surface area contributed by atoms with Crippen molar-refractivity contribution in [3.05, 3.63) is 30.6 Å². The fourth-order valence-corrected chi connectivity index (χ4v) is 1.96. The van der Waals surface area contributed by atoms with Crippen LogP contribution in [0.4, 0.5) is 5.82 Å². The molecular weight excluding hydrogens is 230 g/mol. The fraction of sp³-hybridized carbons (Fsp3) is 0.250. The quantitative estimate of drug-likeness (QED) is 0.813. The molecule has 2 atom stereocenters. The zero-order valence-corrected chi connectivity index (χ0v) is 9.64. The minimum absolute atomic E-state index is 0.0332. The van der Waals surface area contributed by atoms with E-state index < -0.39 is 0 Å². The highest BCUT2D eigenvalue weighted by atomic mass is 16.3.